The number of fused-ring (bicyclic) bond motifs is 3. The lowest BCUT2D eigenvalue weighted by atomic mass is 9.66. The summed E-state index contributed by atoms with van der Waals surface area (Å²) in [5.74, 6) is 0.412. The summed E-state index contributed by atoms with van der Waals surface area (Å²) in [5.41, 5.74) is 0.139. The lowest BCUT2D eigenvalue weighted by molar-refractivity contribution is -0.163. The van der Waals surface area contributed by atoms with E-state index in [-0.39, 0.29) is 17.3 Å². The number of hydrogen-bond donors (Lipinski definition) is 0. The van der Waals surface area contributed by atoms with E-state index in [0.29, 0.717) is 11.7 Å². The van der Waals surface area contributed by atoms with Crippen LogP contribution in [-0.2, 0) is 14.3 Å². The van der Waals surface area contributed by atoms with Gasteiger partial charge in [0.25, 0.3) is 0 Å². The van der Waals surface area contributed by atoms with Crippen LogP contribution in [0.15, 0.2) is 11.6 Å². The number of carbonyl (C=O) groups excluding carboxylic acids is 2. The predicted molar refractivity (Wildman–Crippen MR) is 76.0 cm³/mol. The largest absolute Gasteiger partial charge is 0.459 e. The first-order chi connectivity index (χ1) is 9.17. The molecule has 20 heavy (non-hydrogen) atoms. The van der Waals surface area contributed by atoms with Gasteiger partial charge in [-0.05, 0) is 51.4 Å². The topological polar surface area (TPSA) is 43.4 Å². The van der Waals surface area contributed by atoms with Crippen LogP contribution in [0.5, 0.6) is 0 Å². The van der Waals surface area contributed by atoms with E-state index in [0.717, 1.165) is 19.3 Å². The fraction of sp³-hybridized carbons (Fsp3) is 0.765. The van der Waals surface area contributed by atoms with Gasteiger partial charge in [0.15, 0.2) is 5.78 Å². The van der Waals surface area contributed by atoms with E-state index in [9.17, 15) is 9.59 Å². The first kappa shape index (κ1) is 13.8. The van der Waals surface area contributed by atoms with Crippen LogP contribution in [0.2, 0.25) is 0 Å². The average Bonchev–Trinajstić information content (AvgIpc) is 2.99. The number of ether oxygens (including phenoxy) is 1. The third-order valence-corrected chi connectivity index (χ3v) is 6.20. The molecule has 0 saturated heterocycles. The van der Waals surface area contributed by atoms with Gasteiger partial charge >= 0.3 is 5.97 Å². The first-order valence-corrected chi connectivity index (χ1v) is 7.57. The minimum absolute atomic E-state index is 0.0323. The second kappa shape index (κ2) is 3.75. The Morgan fingerprint density at radius 3 is 2.65 bits per heavy atom. The average molecular weight is 276 g/mol. The number of carbonyl (C=O) groups is 2. The summed E-state index contributed by atoms with van der Waals surface area (Å²) in [4.78, 5) is 24.5. The summed E-state index contributed by atoms with van der Waals surface area (Å²) in [7, 11) is 0. The van der Waals surface area contributed by atoms with Gasteiger partial charge in [-0.2, -0.15) is 0 Å². The van der Waals surface area contributed by atoms with Crippen LogP contribution in [0.1, 0.15) is 53.9 Å². The third kappa shape index (κ3) is 1.41. The van der Waals surface area contributed by atoms with Crippen molar-refractivity contribution in [2.75, 3.05) is 0 Å². The molecule has 0 unspecified atom stereocenters. The molecular weight excluding hydrogens is 252 g/mol. The quantitative estimate of drug-likeness (QED) is 0.574. The van der Waals surface area contributed by atoms with Gasteiger partial charge in [-0.3, -0.25) is 9.59 Å². The molecule has 0 N–H and O–H groups in total. The fourth-order valence-electron chi connectivity index (χ4n) is 5.28. The molecule has 110 valence electrons. The van der Waals surface area contributed by atoms with E-state index in [1.807, 2.05) is 13.8 Å². The number of hydrogen-bond acceptors (Lipinski definition) is 3. The second-order valence-corrected chi connectivity index (χ2v) is 7.62. The maximum absolute atomic E-state index is 13.1. The SMILES string of the molecule is CC(=O)OC(C)(C)[C@@]12C[C@@H]1[C@@]1(C)CCC=C(C)[C@H]1C2=O. The van der Waals surface area contributed by atoms with E-state index in [1.54, 1.807) is 0 Å². The summed E-state index contributed by atoms with van der Waals surface area (Å²) in [6.45, 7) is 9.58. The van der Waals surface area contributed by atoms with E-state index in [4.69, 9.17) is 4.74 Å². The van der Waals surface area contributed by atoms with E-state index >= 15 is 0 Å². The smallest absolute Gasteiger partial charge is 0.303 e. The van der Waals surface area contributed by atoms with Gasteiger partial charge in [0.2, 0.25) is 0 Å². The number of allylic oxidation sites excluding steroid dienone is 2. The van der Waals surface area contributed by atoms with E-state index in [2.05, 4.69) is 19.9 Å². The van der Waals surface area contributed by atoms with E-state index in [1.165, 1.54) is 12.5 Å². The Morgan fingerprint density at radius 2 is 2.10 bits per heavy atom. The molecule has 0 aromatic heterocycles. The van der Waals surface area contributed by atoms with Crippen LogP contribution in [0.25, 0.3) is 0 Å². The zero-order valence-electron chi connectivity index (χ0n) is 13.1. The molecule has 0 aromatic carbocycles. The van der Waals surface area contributed by atoms with Crippen LogP contribution in [0, 0.1) is 22.7 Å². The molecule has 0 bridgehead atoms. The Kier molecular flexibility index (Phi) is 2.59. The Labute approximate surface area is 120 Å². The summed E-state index contributed by atoms with van der Waals surface area (Å²) < 4.78 is 5.54. The highest BCUT2D eigenvalue weighted by Gasteiger charge is 2.81. The molecule has 0 radical (unpaired) electrons. The van der Waals surface area contributed by atoms with Crippen LogP contribution >= 0.6 is 0 Å². The summed E-state index contributed by atoms with van der Waals surface area (Å²) in [6.07, 6.45) is 5.23. The molecule has 3 aliphatic rings. The predicted octanol–water partition coefficient (Wildman–Crippen LogP) is 3.28. The second-order valence-electron chi connectivity index (χ2n) is 7.62. The first-order valence-electron chi connectivity index (χ1n) is 7.57. The third-order valence-electron chi connectivity index (χ3n) is 6.20. The minimum Gasteiger partial charge on any atom is -0.459 e. The van der Waals surface area contributed by atoms with Crippen LogP contribution in [0.3, 0.4) is 0 Å². The zero-order chi connectivity index (χ0) is 14.9. The van der Waals surface area contributed by atoms with Crippen molar-refractivity contribution >= 4 is 11.8 Å². The highest BCUT2D eigenvalue weighted by atomic mass is 16.6. The molecule has 0 aliphatic heterocycles. The van der Waals surface area contributed by atoms with Gasteiger partial charge in [0, 0.05) is 12.8 Å². The van der Waals surface area contributed by atoms with Crippen molar-refractivity contribution in [2.45, 2.75) is 59.5 Å². The summed E-state index contributed by atoms with van der Waals surface area (Å²) >= 11 is 0. The number of esters is 1. The number of rotatable bonds is 2. The minimum atomic E-state index is -0.693. The van der Waals surface area contributed by atoms with Crippen molar-refractivity contribution in [3.8, 4) is 0 Å². The number of Topliss-reactive ketones (excluding diaryl/α,β-unsaturated/α-hetero) is 1. The van der Waals surface area contributed by atoms with Crippen molar-refractivity contribution in [2.24, 2.45) is 22.7 Å². The fourth-order valence-corrected chi connectivity index (χ4v) is 5.28. The Hall–Kier alpha value is -1.12. The molecule has 2 fully saturated rings. The van der Waals surface area contributed by atoms with Crippen molar-refractivity contribution in [3.05, 3.63) is 11.6 Å². The lowest BCUT2D eigenvalue weighted by Gasteiger charge is -2.37. The molecular formula is C17H24O3. The van der Waals surface area contributed by atoms with Crippen molar-refractivity contribution in [3.63, 3.8) is 0 Å². The van der Waals surface area contributed by atoms with Crippen molar-refractivity contribution < 1.29 is 14.3 Å². The maximum atomic E-state index is 13.1. The summed E-state index contributed by atoms with van der Waals surface area (Å²) in [6, 6.07) is 0. The van der Waals surface area contributed by atoms with Crippen LogP contribution < -0.4 is 0 Å². The van der Waals surface area contributed by atoms with Crippen LogP contribution in [-0.4, -0.2) is 17.4 Å². The Morgan fingerprint density at radius 1 is 1.45 bits per heavy atom. The number of ketones is 1. The lowest BCUT2D eigenvalue weighted by Crippen LogP contribution is -2.43. The van der Waals surface area contributed by atoms with Crippen molar-refractivity contribution in [1.29, 1.82) is 0 Å². The van der Waals surface area contributed by atoms with Gasteiger partial charge in [-0.1, -0.05) is 18.6 Å². The molecule has 3 rings (SSSR count). The molecule has 0 aromatic rings. The van der Waals surface area contributed by atoms with Crippen LogP contribution in [0.4, 0.5) is 0 Å². The zero-order valence-corrected chi connectivity index (χ0v) is 13.1. The van der Waals surface area contributed by atoms with E-state index < -0.39 is 11.0 Å². The highest BCUT2D eigenvalue weighted by Crippen LogP contribution is 2.77. The Balaban J connectivity index is 2.02. The summed E-state index contributed by atoms with van der Waals surface area (Å²) in [5, 5.41) is 0. The molecule has 3 nitrogen and oxygen atoms in total. The normalized spacial score (nSPS) is 42.6. The van der Waals surface area contributed by atoms with Crippen molar-refractivity contribution in [1.82, 2.24) is 0 Å². The molecule has 3 heteroatoms. The van der Waals surface area contributed by atoms with Gasteiger partial charge in [-0.15, -0.1) is 0 Å². The maximum Gasteiger partial charge on any atom is 0.303 e. The van der Waals surface area contributed by atoms with Gasteiger partial charge in [0.1, 0.15) is 5.60 Å². The van der Waals surface area contributed by atoms with Gasteiger partial charge in [-0.25, -0.2) is 0 Å². The molecule has 0 heterocycles. The molecule has 3 aliphatic carbocycles. The molecule has 0 amide bonds. The Bertz CT molecular complexity index is 530. The van der Waals surface area contributed by atoms with Gasteiger partial charge < -0.3 is 4.74 Å². The molecule has 4 atom stereocenters. The molecule has 2 saturated carbocycles. The standard InChI is InChI=1S/C17H24O3/c1-10-7-6-8-16(5)12-9-17(12,14(19)13(10)16)15(3,4)20-11(2)18/h7,12-13H,6,8-9H2,1-5H3/t12-,13+,16-,17+/m1/s1. The highest BCUT2D eigenvalue weighted by molar-refractivity contribution is 5.98. The molecule has 0 spiro atoms. The monoisotopic (exact) mass is 276 g/mol. The van der Waals surface area contributed by atoms with Gasteiger partial charge in [0.05, 0.1) is 5.41 Å².